The van der Waals surface area contributed by atoms with E-state index in [1.807, 2.05) is 31.2 Å². The summed E-state index contributed by atoms with van der Waals surface area (Å²) in [5.74, 6) is 3.82. The Hall–Kier alpha value is -0.890. The van der Waals surface area contributed by atoms with Gasteiger partial charge in [0.2, 0.25) is 0 Å². The largest absolute Gasteiger partial charge is 0.490 e. The fourth-order valence-electron chi connectivity index (χ4n) is 3.03. The first-order valence-electron chi connectivity index (χ1n) is 7.75. The van der Waals surface area contributed by atoms with Gasteiger partial charge in [0.25, 0.3) is 0 Å². The quantitative estimate of drug-likeness (QED) is 0.635. The van der Waals surface area contributed by atoms with Crippen LogP contribution in [0.15, 0.2) is 24.3 Å². The van der Waals surface area contributed by atoms with Crippen LogP contribution in [0.5, 0.6) is 11.5 Å². The molecule has 0 spiro atoms. The van der Waals surface area contributed by atoms with Gasteiger partial charge in [-0.25, -0.2) is 0 Å². The molecular formula is C17H25ClO2. The van der Waals surface area contributed by atoms with Gasteiger partial charge in [0.1, 0.15) is 0 Å². The zero-order valence-corrected chi connectivity index (χ0v) is 13.1. The molecule has 0 bridgehead atoms. The van der Waals surface area contributed by atoms with Gasteiger partial charge in [0.15, 0.2) is 11.5 Å². The van der Waals surface area contributed by atoms with Crippen LogP contribution in [0.25, 0.3) is 0 Å². The van der Waals surface area contributed by atoms with Gasteiger partial charge in [0.05, 0.1) is 13.2 Å². The van der Waals surface area contributed by atoms with Crippen LogP contribution in [0.2, 0.25) is 0 Å². The molecule has 0 saturated heterocycles. The van der Waals surface area contributed by atoms with Crippen LogP contribution in [0.3, 0.4) is 0 Å². The Morgan fingerprint density at radius 1 is 1.15 bits per heavy atom. The molecule has 20 heavy (non-hydrogen) atoms. The van der Waals surface area contributed by atoms with Gasteiger partial charge in [-0.2, -0.15) is 0 Å². The molecule has 2 rings (SSSR count). The molecule has 1 atom stereocenters. The number of alkyl halides is 1. The zero-order valence-electron chi connectivity index (χ0n) is 12.3. The minimum atomic E-state index is 0.596. The summed E-state index contributed by atoms with van der Waals surface area (Å²) in [5, 5.41) is 0. The Morgan fingerprint density at radius 2 is 1.80 bits per heavy atom. The maximum absolute atomic E-state index is 6.13. The Morgan fingerprint density at radius 3 is 2.40 bits per heavy atom. The number of benzene rings is 1. The van der Waals surface area contributed by atoms with E-state index in [4.69, 9.17) is 21.1 Å². The first-order valence-corrected chi connectivity index (χ1v) is 8.29. The SMILES string of the molecule is CCOc1ccccc1OCCC(CCl)C1CCCC1. The second-order valence-electron chi connectivity index (χ2n) is 5.48. The number of hydrogen-bond donors (Lipinski definition) is 0. The molecule has 0 aliphatic heterocycles. The maximum atomic E-state index is 6.13. The molecule has 0 amide bonds. The molecule has 1 aromatic carbocycles. The highest BCUT2D eigenvalue weighted by atomic mass is 35.5. The summed E-state index contributed by atoms with van der Waals surface area (Å²) < 4.78 is 11.5. The van der Waals surface area contributed by atoms with Crippen LogP contribution >= 0.6 is 11.6 Å². The zero-order chi connectivity index (χ0) is 14.2. The predicted octanol–water partition coefficient (Wildman–Crippen LogP) is 4.90. The van der Waals surface area contributed by atoms with Crippen LogP contribution in [0.4, 0.5) is 0 Å². The molecule has 1 unspecified atom stereocenters. The molecule has 1 fully saturated rings. The second kappa shape index (κ2) is 8.41. The number of ether oxygens (including phenoxy) is 2. The van der Waals surface area contributed by atoms with Crippen LogP contribution in [-0.2, 0) is 0 Å². The van der Waals surface area contributed by atoms with E-state index in [0.29, 0.717) is 12.5 Å². The van der Waals surface area contributed by atoms with E-state index >= 15 is 0 Å². The molecule has 1 aliphatic rings. The van der Waals surface area contributed by atoms with Gasteiger partial charge in [-0.05, 0) is 37.3 Å². The van der Waals surface area contributed by atoms with Crippen LogP contribution in [0, 0.1) is 11.8 Å². The smallest absolute Gasteiger partial charge is 0.161 e. The average Bonchev–Trinajstić information content (AvgIpc) is 2.99. The van der Waals surface area contributed by atoms with Crippen LogP contribution in [-0.4, -0.2) is 19.1 Å². The van der Waals surface area contributed by atoms with Crippen molar-refractivity contribution in [1.82, 2.24) is 0 Å². The van der Waals surface area contributed by atoms with Crippen molar-refractivity contribution in [3.8, 4) is 11.5 Å². The molecule has 1 saturated carbocycles. The van der Waals surface area contributed by atoms with Gasteiger partial charge in [-0.3, -0.25) is 0 Å². The normalized spacial score (nSPS) is 17.1. The highest BCUT2D eigenvalue weighted by molar-refractivity contribution is 6.18. The Labute approximate surface area is 127 Å². The van der Waals surface area contributed by atoms with Gasteiger partial charge in [0, 0.05) is 5.88 Å². The molecule has 0 N–H and O–H groups in total. The molecule has 2 nitrogen and oxygen atoms in total. The Balaban J connectivity index is 1.82. The van der Waals surface area contributed by atoms with Crippen molar-refractivity contribution < 1.29 is 9.47 Å². The van der Waals surface area contributed by atoms with Crippen LogP contribution < -0.4 is 9.47 Å². The minimum absolute atomic E-state index is 0.596. The third-order valence-corrected chi connectivity index (χ3v) is 4.56. The lowest BCUT2D eigenvalue weighted by Gasteiger charge is -2.21. The van der Waals surface area contributed by atoms with E-state index in [-0.39, 0.29) is 0 Å². The lowest BCUT2D eigenvalue weighted by atomic mass is 9.90. The van der Waals surface area contributed by atoms with Crippen LogP contribution in [0.1, 0.15) is 39.0 Å². The topological polar surface area (TPSA) is 18.5 Å². The van der Waals surface area contributed by atoms with E-state index in [1.165, 1.54) is 25.7 Å². The number of rotatable bonds is 8. The predicted molar refractivity (Wildman–Crippen MR) is 83.9 cm³/mol. The van der Waals surface area contributed by atoms with Crippen molar-refractivity contribution in [1.29, 1.82) is 0 Å². The molecular weight excluding hydrogens is 272 g/mol. The van der Waals surface area contributed by atoms with Crippen molar-refractivity contribution in [2.75, 3.05) is 19.1 Å². The minimum Gasteiger partial charge on any atom is -0.490 e. The van der Waals surface area contributed by atoms with Crippen molar-refractivity contribution in [3.05, 3.63) is 24.3 Å². The summed E-state index contributed by atoms with van der Waals surface area (Å²) in [6.07, 6.45) is 6.45. The molecule has 0 aromatic heterocycles. The molecule has 1 aliphatic carbocycles. The fourth-order valence-corrected chi connectivity index (χ4v) is 3.44. The highest BCUT2D eigenvalue weighted by Crippen LogP contribution is 2.34. The molecule has 1 aromatic rings. The third kappa shape index (κ3) is 4.31. The highest BCUT2D eigenvalue weighted by Gasteiger charge is 2.24. The summed E-state index contributed by atoms with van der Waals surface area (Å²) >= 11 is 6.13. The Bertz CT molecular complexity index is 388. The van der Waals surface area contributed by atoms with E-state index in [2.05, 4.69) is 0 Å². The second-order valence-corrected chi connectivity index (χ2v) is 5.78. The lowest BCUT2D eigenvalue weighted by molar-refractivity contribution is 0.235. The summed E-state index contributed by atoms with van der Waals surface area (Å²) in [6.45, 7) is 3.37. The van der Waals surface area contributed by atoms with Crippen molar-refractivity contribution in [2.45, 2.75) is 39.0 Å². The van der Waals surface area contributed by atoms with Crippen molar-refractivity contribution in [2.24, 2.45) is 11.8 Å². The number of hydrogen-bond acceptors (Lipinski definition) is 2. The molecule has 112 valence electrons. The van der Waals surface area contributed by atoms with Gasteiger partial charge < -0.3 is 9.47 Å². The molecule has 0 radical (unpaired) electrons. The first kappa shape index (κ1) is 15.5. The number of halogens is 1. The third-order valence-electron chi connectivity index (χ3n) is 4.16. The van der Waals surface area contributed by atoms with E-state index in [0.717, 1.165) is 36.3 Å². The standard InChI is InChI=1S/C17H25ClO2/c1-2-19-16-9-5-6-10-17(16)20-12-11-15(13-18)14-7-3-4-8-14/h5-6,9-10,14-15H,2-4,7-8,11-13H2,1H3. The van der Waals surface area contributed by atoms with Gasteiger partial charge >= 0.3 is 0 Å². The maximum Gasteiger partial charge on any atom is 0.161 e. The molecule has 3 heteroatoms. The average molecular weight is 297 g/mol. The fraction of sp³-hybridized carbons (Fsp3) is 0.647. The summed E-state index contributed by atoms with van der Waals surface area (Å²) in [5.41, 5.74) is 0. The van der Waals surface area contributed by atoms with Gasteiger partial charge in [-0.15, -0.1) is 11.6 Å². The summed E-state index contributed by atoms with van der Waals surface area (Å²) in [6, 6.07) is 7.87. The summed E-state index contributed by atoms with van der Waals surface area (Å²) in [4.78, 5) is 0. The van der Waals surface area contributed by atoms with E-state index in [1.54, 1.807) is 0 Å². The lowest BCUT2D eigenvalue weighted by Crippen LogP contribution is -2.17. The number of para-hydroxylation sites is 2. The molecule has 0 heterocycles. The Kier molecular flexibility index (Phi) is 6.52. The monoisotopic (exact) mass is 296 g/mol. The van der Waals surface area contributed by atoms with Gasteiger partial charge in [-0.1, -0.05) is 37.8 Å². The van der Waals surface area contributed by atoms with Crippen molar-refractivity contribution in [3.63, 3.8) is 0 Å². The van der Waals surface area contributed by atoms with Crippen molar-refractivity contribution >= 4 is 11.6 Å². The first-order chi connectivity index (χ1) is 9.85. The van der Waals surface area contributed by atoms with E-state index in [9.17, 15) is 0 Å². The van der Waals surface area contributed by atoms with E-state index < -0.39 is 0 Å². The summed E-state index contributed by atoms with van der Waals surface area (Å²) in [7, 11) is 0.